The summed E-state index contributed by atoms with van der Waals surface area (Å²) in [7, 11) is 0. The number of benzene rings is 1. The standard InChI is InChI=1S/C38H53N7O9S/c1-36(2,51)30-22-40-43-45(30)27-21-29(34(49)42-37(31(46)32(39)47)16-18-54-19-17-37)44(23-27)35(50)28(20-24-8-4-3-5-9-24)41-33(48)25-10-12-26(13-11-25)38(55(52)53)14-6-7-15-38/h10-13,22,24,27-29,51H,3-9,14-21,23H2,1-2H3,(H2,39,47)(H,41,48)(H,42,49)(H,52,53)/t27-,28+,29-/m0/s1. The first-order valence-corrected chi connectivity index (χ1v) is 20.5. The Bertz CT molecular complexity index is 1770. The van der Waals surface area contributed by atoms with Crippen LogP contribution in [-0.4, -0.2) is 101 Å². The molecule has 3 heterocycles. The van der Waals surface area contributed by atoms with Gasteiger partial charge in [0.1, 0.15) is 23.2 Å². The molecule has 300 valence electrons. The second-order valence-corrected chi connectivity index (χ2v) is 17.5. The lowest BCUT2D eigenvalue weighted by molar-refractivity contribution is -0.147. The van der Waals surface area contributed by atoms with Gasteiger partial charge in [-0.1, -0.05) is 62.3 Å². The number of nitrogens with one attached hydrogen (secondary N) is 2. The van der Waals surface area contributed by atoms with E-state index in [2.05, 4.69) is 20.9 Å². The van der Waals surface area contributed by atoms with Crippen LogP contribution in [0.15, 0.2) is 30.5 Å². The predicted octanol–water partition coefficient (Wildman–Crippen LogP) is 2.13. The summed E-state index contributed by atoms with van der Waals surface area (Å²) in [5.41, 5.74) is 3.80. The van der Waals surface area contributed by atoms with Crippen molar-refractivity contribution in [2.75, 3.05) is 19.8 Å². The minimum atomic E-state index is -2.08. The van der Waals surface area contributed by atoms with Crippen molar-refractivity contribution in [1.29, 1.82) is 0 Å². The second kappa shape index (κ2) is 16.6. The molecule has 6 rings (SSSR count). The number of carbonyl (C=O) groups excluding carboxylic acids is 5. The summed E-state index contributed by atoms with van der Waals surface area (Å²) in [6.07, 6.45) is 9.51. The summed E-state index contributed by atoms with van der Waals surface area (Å²) in [5.74, 6) is -3.66. The molecule has 1 unspecified atom stereocenters. The first-order chi connectivity index (χ1) is 26.1. The Morgan fingerprint density at radius 1 is 1.02 bits per heavy atom. The molecule has 17 heteroatoms. The largest absolute Gasteiger partial charge is 0.384 e. The van der Waals surface area contributed by atoms with Crippen molar-refractivity contribution in [3.63, 3.8) is 0 Å². The minimum Gasteiger partial charge on any atom is -0.384 e. The average molecular weight is 784 g/mol. The fourth-order valence-electron chi connectivity index (χ4n) is 8.97. The maximum Gasteiger partial charge on any atom is 0.287 e. The monoisotopic (exact) mass is 783 g/mol. The smallest absolute Gasteiger partial charge is 0.287 e. The van der Waals surface area contributed by atoms with Crippen LogP contribution >= 0.6 is 0 Å². The van der Waals surface area contributed by atoms with Crippen LogP contribution in [0, 0.1) is 5.92 Å². The molecule has 16 nitrogen and oxygen atoms in total. The fourth-order valence-corrected chi connectivity index (χ4v) is 9.95. The Morgan fingerprint density at radius 2 is 1.67 bits per heavy atom. The summed E-state index contributed by atoms with van der Waals surface area (Å²) < 4.78 is 28.6. The summed E-state index contributed by atoms with van der Waals surface area (Å²) >= 11 is -2.08. The number of nitrogens with zero attached hydrogens (tertiary/aromatic N) is 4. The van der Waals surface area contributed by atoms with Gasteiger partial charge in [0.15, 0.2) is 11.1 Å². The van der Waals surface area contributed by atoms with E-state index in [0.717, 1.165) is 44.9 Å². The normalized spacial score (nSPS) is 23.8. The number of hydrogen-bond donors (Lipinski definition) is 5. The van der Waals surface area contributed by atoms with Gasteiger partial charge in [-0.05, 0) is 56.7 Å². The number of likely N-dealkylation sites (tertiary alicyclic amines) is 1. The predicted molar refractivity (Wildman–Crippen MR) is 199 cm³/mol. The van der Waals surface area contributed by atoms with Gasteiger partial charge >= 0.3 is 0 Å². The molecule has 4 amide bonds. The van der Waals surface area contributed by atoms with Crippen molar-refractivity contribution in [2.24, 2.45) is 11.7 Å². The van der Waals surface area contributed by atoms with E-state index in [1.807, 2.05) is 0 Å². The van der Waals surface area contributed by atoms with E-state index in [-0.39, 0.29) is 50.5 Å². The van der Waals surface area contributed by atoms with Gasteiger partial charge in [0.25, 0.3) is 11.8 Å². The molecular formula is C38H53N7O9S. The summed E-state index contributed by atoms with van der Waals surface area (Å²) in [6.45, 7) is 3.35. The third-order valence-electron chi connectivity index (χ3n) is 12.1. The molecule has 4 fully saturated rings. The second-order valence-electron chi connectivity index (χ2n) is 16.2. The summed E-state index contributed by atoms with van der Waals surface area (Å²) in [4.78, 5) is 69.9. The van der Waals surface area contributed by atoms with Crippen LogP contribution in [0.4, 0.5) is 0 Å². The molecule has 0 radical (unpaired) electrons. The molecule has 1 aromatic heterocycles. The molecule has 4 atom stereocenters. The highest BCUT2D eigenvalue weighted by Crippen LogP contribution is 2.43. The molecule has 0 bridgehead atoms. The molecule has 2 aliphatic carbocycles. The van der Waals surface area contributed by atoms with Gasteiger partial charge < -0.3 is 35.7 Å². The van der Waals surface area contributed by atoms with Crippen molar-refractivity contribution in [3.8, 4) is 0 Å². The Morgan fingerprint density at radius 3 is 2.27 bits per heavy atom. The van der Waals surface area contributed by atoms with E-state index in [1.165, 1.54) is 15.8 Å². The number of rotatable bonds is 13. The van der Waals surface area contributed by atoms with Gasteiger partial charge in [0, 0.05) is 44.6 Å². The third-order valence-corrected chi connectivity index (χ3v) is 13.4. The number of amides is 4. The molecule has 2 saturated carbocycles. The first-order valence-electron chi connectivity index (χ1n) is 19.3. The van der Waals surface area contributed by atoms with Crippen LogP contribution < -0.4 is 16.4 Å². The first kappa shape index (κ1) is 40.6. The Hall–Kier alpha value is -4.06. The van der Waals surface area contributed by atoms with Gasteiger partial charge in [-0.2, -0.15) is 0 Å². The van der Waals surface area contributed by atoms with Crippen LogP contribution in [-0.2, 0) is 45.3 Å². The van der Waals surface area contributed by atoms with Crippen LogP contribution in [0.1, 0.15) is 125 Å². The molecule has 2 saturated heterocycles. The highest BCUT2D eigenvalue weighted by molar-refractivity contribution is 7.80. The van der Waals surface area contributed by atoms with Crippen LogP contribution in [0.25, 0.3) is 0 Å². The molecule has 2 aliphatic heterocycles. The highest BCUT2D eigenvalue weighted by atomic mass is 32.2. The van der Waals surface area contributed by atoms with Crippen LogP contribution in [0.2, 0.25) is 0 Å². The Labute approximate surface area is 323 Å². The van der Waals surface area contributed by atoms with E-state index in [4.69, 9.17) is 10.5 Å². The molecule has 55 heavy (non-hydrogen) atoms. The summed E-state index contributed by atoms with van der Waals surface area (Å²) in [6, 6.07) is 3.83. The lowest BCUT2D eigenvalue weighted by Gasteiger charge is -2.37. The van der Waals surface area contributed by atoms with E-state index < -0.39 is 74.5 Å². The summed E-state index contributed by atoms with van der Waals surface area (Å²) in [5, 5.41) is 24.9. The molecule has 6 N–H and O–H groups in total. The van der Waals surface area contributed by atoms with E-state index in [1.54, 1.807) is 38.1 Å². The number of aliphatic hydroxyl groups is 1. The number of Topliss-reactive ketones (excluding diaryl/α,β-unsaturated/α-hetero) is 1. The van der Waals surface area contributed by atoms with Gasteiger partial charge in [-0.25, -0.2) is 8.89 Å². The van der Waals surface area contributed by atoms with Gasteiger partial charge in [-0.3, -0.25) is 24.0 Å². The molecular weight excluding hydrogens is 731 g/mol. The van der Waals surface area contributed by atoms with E-state index in [0.29, 0.717) is 30.5 Å². The lowest BCUT2D eigenvalue weighted by Crippen LogP contribution is -2.64. The molecule has 4 aliphatic rings. The van der Waals surface area contributed by atoms with Gasteiger partial charge in [0.05, 0.1) is 22.7 Å². The van der Waals surface area contributed by atoms with Crippen molar-refractivity contribution in [2.45, 2.75) is 131 Å². The maximum atomic E-state index is 14.9. The zero-order chi connectivity index (χ0) is 39.5. The van der Waals surface area contributed by atoms with Gasteiger partial charge in [0.2, 0.25) is 17.6 Å². The third kappa shape index (κ3) is 8.54. The zero-order valence-electron chi connectivity index (χ0n) is 31.5. The quantitative estimate of drug-likeness (QED) is 0.146. The maximum absolute atomic E-state index is 14.9. The Kier molecular flexibility index (Phi) is 12.2. The molecule has 2 aromatic rings. The number of aromatic nitrogens is 3. The van der Waals surface area contributed by atoms with Crippen molar-refractivity contribution >= 4 is 40.5 Å². The van der Waals surface area contributed by atoms with E-state index >= 15 is 0 Å². The minimum absolute atomic E-state index is 0.0185. The average Bonchev–Trinajstić information content (AvgIpc) is 3.95. The topological polar surface area (TPSA) is 236 Å². The van der Waals surface area contributed by atoms with Crippen LogP contribution in [0.5, 0.6) is 0 Å². The number of nitrogens with two attached hydrogens (primary N) is 1. The van der Waals surface area contributed by atoms with Crippen molar-refractivity contribution in [1.82, 2.24) is 30.5 Å². The zero-order valence-corrected chi connectivity index (χ0v) is 32.4. The number of ether oxygens (including phenoxy) is 1. The number of hydrogen-bond acceptors (Lipinski definition) is 10. The van der Waals surface area contributed by atoms with Crippen molar-refractivity contribution in [3.05, 3.63) is 47.3 Å². The highest BCUT2D eigenvalue weighted by Gasteiger charge is 2.49. The number of primary amides is 1. The number of carbonyl (C=O) groups is 5. The molecule has 0 spiro atoms. The van der Waals surface area contributed by atoms with Crippen molar-refractivity contribution < 1.29 is 42.6 Å². The molecule has 1 aromatic carbocycles. The SMILES string of the molecule is CC(C)(O)c1cnnn1[C@H]1C[C@@H](C(=O)NC2(C(=O)C(N)=O)CCOCC2)N(C(=O)[C@@H](CC2CCCCC2)NC(=O)c2ccc(C3(S(=O)O)CCCC3)cc2)C1. The van der Waals surface area contributed by atoms with Gasteiger partial charge in [-0.15, -0.1) is 5.10 Å². The Balaban J connectivity index is 1.31. The lowest BCUT2D eigenvalue weighted by atomic mass is 9.84. The number of ketones is 1. The van der Waals surface area contributed by atoms with Crippen LogP contribution in [0.3, 0.4) is 0 Å². The fraction of sp³-hybridized carbons (Fsp3) is 0.658. The van der Waals surface area contributed by atoms with E-state index in [9.17, 15) is 37.8 Å².